The fraction of sp³-hybridized carbons (Fsp3) is 0.364. The highest BCUT2D eigenvalue weighted by Crippen LogP contribution is 2.17. The average molecular weight is 224 g/mol. The lowest BCUT2D eigenvalue weighted by atomic mass is 10.1. The SMILES string of the molecule is Cc1cc(N(C)CCO)ccc1C(N)=S. The molecule has 0 atom stereocenters. The number of aryl methyl sites for hydroxylation is 1. The summed E-state index contributed by atoms with van der Waals surface area (Å²) in [6.07, 6.45) is 0. The molecule has 0 fully saturated rings. The summed E-state index contributed by atoms with van der Waals surface area (Å²) in [5.74, 6) is 0. The molecule has 0 saturated carbocycles. The van der Waals surface area contributed by atoms with E-state index in [1.54, 1.807) is 0 Å². The van der Waals surface area contributed by atoms with Gasteiger partial charge in [-0.05, 0) is 30.7 Å². The van der Waals surface area contributed by atoms with Crippen molar-refractivity contribution in [3.8, 4) is 0 Å². The van der Waals surface area contributed by atoms with E-state index >= 15 is 0 Å². The lowest BCUT2D eigenvalue weighted by molar-refractivity contribution is 0.304. The van der Waals surface area contributed by atoms with Gasteiger partial charge in [0.15, 0.2) is 0 Å². The maximum atomic E-state index is 8.83. The maximum absolute atomic E-state index is 8.83. The predicted molar refractivity (Wildman–Crippen MR) is 67.4 cm³/mol. The third-order valence-corrected chi connectivity index (χ3v) is 2.57. The minimum atomic E-state index is 0.145. The molecule has 0 aromatic heterocycles. The van der Waals surface area contributed by atoms with E-state index in [4.69, 9.17) is 23.1 Å². The molecular weight excluding hydrogens is 208 g/mol. The zero-order valence-corrected chi connectivity index (χ0v) is 9.84. The first-order valence-electron chi connectivity index (χ1n) is 4.78. The normalized spacial score (nSPS) is 10.1. The molecule has 1 rings (SSSR count). The van der Waals surface area contributed by atoms with Crippen LogP contribution in [0, 0.1) is 6.92 Å². The molecule has 0 aliphatic rings. The van der Waals surface area contributed by atoms with Crippen molar-refractivity contribution in [2.45, 2.75) is 6.92 Å². The number of nitrogens with zero attached hydrogens (tertiary/aromatic N) is 1. The Balaban J connectivity index is 2.96. The molecule has 0 radical (unpaired) electrons. The standard InChI is InChI=1S/C11H16N2OS/c1-8-7-9(13(2)5-6-14)3-4-10(8)11(12)15/h3-4,7,14H,5-6H2,1-2H3,(H2,12,15). The molecule has 0 heterocycles. The molecule has 0 aliphatic carbocycles. The minimum absolute atomic E-state index is 0.145. The van der Waals surface area contributed by atoms with Gasteiger partial charge in [-0.3, -0.25) is 0 Å². The monoisotopic (exact) mass is 224 g/mol. The van der Waals surface area contributed by atoms with E-state index in [9.17, 15) is 0 Å². The Labute approximate surface area is 95.5 Å². The predicted octanol–water partition coefficient (Wildman–Crippen LogP) is 1.06. The minimum Gasteiger partial charge on any atom is -0.395 e. The summed E-state index contributed by atoms with van der Waals surface area (Å²) in [7, 11) is 1.94. The van der Waals surface area contributed by atoms with Crippen LogP contribution in [0.5, 0.6) is 0 Å². The molecule has 3 N–H and O–H groups in total. The smallest absolute Gasteiger partial charge is 0.104 e. The first-order chi connectivity index (χ1) is 7.06. The van der Waals surface area contributed by atoms with Crippen LogP contribution in [0.4, 0.5) is 5.69 Å². The van der Waals surface area contributed by atoms with E-state index in [1.807, 2.05) is 37.1 Å². The van der Waals surface area contributed by atoms with Gasteiger partial charge in [-0.15, -0.1) is 0 Å². The van der Waals surface area contributed by atoms with E-state index < -0.39 is 0 Å². The quantitative estimate of drug-likeness (QED) is 0.751. The topological polar surface area (TPSA) is 49.5 Å². The van der Waals surface area contributed by atoms with Crippen molar-refractivity contribution in [3.05, 3.63) is 29.3 Å². The van der Waals surface area contributed by atoms with Gasteiger partial charge in [0.1, 0.15) is 4.99 Å². The van der Waals surface area contributed by atoms with Crippen LogP contribution in [0.25, 0.3) is 0 Å². The molecule has 0 spiro atoms. The lowest BCUT2D eigenvalue weighted by Crippen LogP contribution is -2.21. The molecule has 1 aromatic rings. The summed E-state index contributed by atoms with van der Waals surface area (Å²) in [6, 6.07) is 5.89. The zero-order chi connectivity index (χ0) is 11.4. The number of likely N-dealkylation sites (N-methyl/N-ethyl adjacent to an activating group) is 1. The number of benzene rings is 1. The first kappa shape index (κ1) is 11.9. The summed E-state index contributed by atoms with van der Waals surface area (Å²) < 4.78 is 0. The number of nitrogens with two attached hydrogens (primary N) is 1. The highest BCUT2D eigenvalue weighted by atomic mass is 32.1. The number of hydrogen-bond donors (Lipinski definition) is 2. The molecule has 0 saturated heterocycles. The summed E-state index contributed by atoms with van der Waals surface area (Å²) in [5, 5.41) is 8.83. The van der Waals surface area contributed by atoms with Gasteiger partial charge in [-0.2, -0.15) is 0 Å². The summed E-state index contributed by atoms with van der Waals surface area (Å²) in [6.45, 7) is 2.74. The second-order valence-electron chi connectivity index (χ2n) is 3.51. The Kier molecular flexibility index (Phi) is 4.05. The van der Waals surface area contributed by atoms with Crippen LogP contribution in [0.3, 0.4) is 0 Å². The largest absolute Gasteiger partial charge is 0.395 e. The van der Waals surface area contributed by atoms with Gasteiger partial charge in [0.2, 0.25) is 0 Å². The van der Waals surface area contributed by atoms with Crippen molar-refractivity contribution in [1.29, 1.82) is 0 Å². The van der Waals surface area contributed by atoms with Crippen molar-refractivity contribution in [1.82, 2.24) is 0 Å². The van der Waals surface area contributed by atoms with E-state index in [0.717, 1.165) is 16.8 Å². The highest BCUT2D eigenvalue weighted by molar-refractivity contribution is 7.80. The Morgan fingerprint density at radius 3 is 2.67 bits per heavy atom. The number of thiocarbonyl (C=S) groups is 1. The molecule has 4 heteroatoms. The number of anilines is 1. The van der Waals surface area contributed by atoms with Crippen molar-refractivity contribution >= 4 is 22.9 Å². The second-order valence-corrected chi connectivity index (χ2v) is 3.95. The Morgan fingerprint density at radius 1 is 1.53 bits per heavy atom. The summed E-state index contributed by atoms with van der Waals surface area (Å²) in [5.41, 5.74) is 8.60. The van der Waals surface area contributed by atoms with Crippen LogP contribution >= 0.6 is 12.2 Å². The summed E-state index contributed by atoms with van der Waals surface area (Å²) >= 11 is 4.93. The van der Waals surface area contributed by atoms with E-state index in [2.05, 4.69) is 0 Å². The Morgan fingerprint density at radius 2 is 2.20 bits per heavy atom. The molecule has 1 aromatic carbocycles. The number of hydrogen-bond acceptors (Lipinski definition) is 3. The number of aliphatic hydroxyl groups excluding tert-OH is 1. The maximum Gasteiger partial charge on any atom is 0.104 e. The fourth-order valence-corrected chi connectivity index (χ4v) is 1.67. The molecule has 0 amide bonds. The molecule has 15 heavy (non-hydrogen) atoms. The van der Waals surface area contributed by atoms with Gasteiger partial charge in [0.25, 0.3) is 0 Å². The molecule has 0 unspecified atom stereocenters. The molecule has 0 bridgehead atoms. The third kappa shape index (κ3) is 2.91. The van der Waals surface area contributed by atoms with Gasteiger partial charge in [-0.1, -0.05) is 12.2 Å². The van der Waals surface area contributed by atoms with E-state index in [-0.39, 0.29) is 6.61 Å². The second kappa shape index (κ2) is 5.09. The third-order valence-electron chi connectivity index (χ3n) is 2.35. The Hall–Kier alpha value is -1.13. The molecule has 0 aliphatic heterocycles. The average Bonchev–Trinajstić information content (AvgIpc) is 2.17. The van der Waals surface area contributed by atoms with Gasteiger partial charge in [-0.25, -0.2) is 0 Å². The number of rotatable bonds is 4. The van der Waals surface area contributed by atoms with Gasteiger partial charge >= 0.3 is 0 Å². The van der Waals surface area contributed by atoms with Crippen LogP contribution in [-0.4, -0.2) is 30.3 Å². The van der Waals surface area contributed by atoms with E-state index in [1.165, 1.54) is 0 Å². The van der Waals surface area contributed by atoms with Crippen molar-refractivity contribution < 1.29 is 5.11 Å². The lowest BCUT2D eigenvalue weighted by Gasteiger charge is -2.19. The molecule has 82 valence electrons. The van der Waals surface area contributed by atoms with Gasteiger partial charge < -0.3 is 15.7 Å². The van der Waals surface area contributed by atoms with Crippen molar-refractivity contribution in [2.24, 2.45) is 5.73 Å². The van der Waals surface area contributed by atoms with E-state index in [0.29, 0.717) is 11.5 Å². The molecular formula is C11H16N2OS. The van der Waals surface area contributed by atoms with Gasteiger partial charge in [0.05, 0.1) is 6.61 Å². The Bertz CT molecular complexity index is 366. The van der Waals surface area contributed by atoms with Crippen LogP contribution in [-0.2, 0) is 0 Å². The zero-order valence-electron chi connectivity index (χ0n) is 9.03. The fourth-order valence-electron chi connectivity index (χ4n) is 1.44. The highest BCUT2D eigenvalue weighted by Gasteiger charge is 2.05. The van der Waals surface area contributed by atoms with Crippen LogP contribution < -0.4 is 10.6 Å². The van der Waals surface area contributed by atoms with Crippen LogP contribution in [0.1, 0.15) is 11.1 Å². The van der Waals surface area contributed by atoms with Gasteiger partial charge in [0, 0.05) is 24.8 Å². The molecule has 3 nitrogen and oxygen atoms in total. The van der Waals surface area contributed by atoms with Crippen molar-refractivity contribution in [2.75, 3.05) is 25.1 Å². The number of aliphatic hydroxyl groups is 1. The van der Waals surface area contributed by atoms with Crippen LogP contribution in [0.2, 0.25) is 0 Å². The van der Waals surface area contributed by atoms with Crippen LogP contribution in [0.15, 0.2) is 18.2 Å². The summed E-state index contributed by atoms with van der Waals surface area (Å²) in [4.78, 5) is 2.40. The first-order valence-corrected chi connectivity index (χ1v) is 5.19. The van der Waals surface area contributed by atoms with Crippen molar-refractivity contribution in [3.63, 3.8) is 0 Å².